The summed E-state index contributed by atoms with van der Waals surface area (Å²) in [6.45, 7) is 0. The van der Waals surface area contributed by atoms with Crippen LogP contribution in [-0.2, 0) is 0 Å². The molecule has 0 amide bonds. The molecule has 0 atom stereocenters. The van der Waals surface area contributed by atoms with Crippen LogP contribution in [0.3, 0.4) is 0 Å². The molecule has 1 aliphatic rings. The van der Waals surface area contributed by atoms with Crippen LogP contribution in [0.15, 0.2) is 72.8 Å². The average Bonchev–Trinajstić information content (AvgIpc) is 2.64. The van der Waals surface area contributed by atoms with Crippen molar-refractivity contribution in [3.63, 3.8) is 0 Å². The predicted octanol–water partition coefficient (Wildman–Crippen LogP) is 4.97. The summed E-state index contributed by atoms with van der Waals surface area (Å²) < 4.78 is 0. The number of fused-ring (bicyclic) bond motifs is 3. The van der Waals surface area contributed by atoms with Crippen LogP contribution in [0, 0.1) is 23.7 Å². The van der Waals surface area contributed by atoms with Gasteiger partial charge in [0.15, 0.2) is 0 Å². The summed E-state index contributed by atoms with van der Waals surface area (Å²) in [6, 6.07) is 24.4. The summed E-state index contributed by atoms with van der Waals surface area (Å²) >= 11 is 0. The molecule has 0 heteroatoms. The maximum Gasteiger partial charge on any atom is 0.0405 e. The van der Waals surface area contributed by atoms with Crippen LogP contribution in [0.25, 0.3) is 12.2 Å². The Bertz CT molecular complexity index is 973. The van der Waals surface area contributed by atoms with Crippen molar-refractivity contribution >= 4 is 12.2 Å². The highest BCUT2D eigenvalue weighted by Crippen LogP contribution is 2.17. The van der Waals surface area contributed by atoms with E-state index in [1.807, 2.05) is 48.5 Å². The van der Waals surface area contributed by atoms with Crippen molar-refractivity contribution in [2.24, 2.45) is 0 Å². The van der Waals surface area contributed by atoms with E-state index in [1.54, 1.807) is 0 Å². The lowest BCUT2D eigenvalue weighted by atomic mass is 10.0. The van der Waals surface area contributed by atoms with E-state index in [0.29, 0.717) is 0 Å². The molecule has 0 N–H and O–H groups in total. The highest BCUT2D eigenvalue weighted by atomic mass is 14.0. The molecule has 0 fully saturated rings. The van der Waals surface area contributed by atoms with Gasteiger partial charge in [-0.15, -0.1) is 0 Å². The highest BCUT2D eigenvalue weighted by molar-refractivity contribution is 5.76. The Morgan fingerprint density at radius 2 is 0.708 bits per heavy atom. The number of rotatable bonds is 0. The van der Waals surface area contributed by atoms with Gasteiger partial charge in [0.1, 0.15) is 0 Å². The summed E-state index contributed by atoms with van der Waals surface area (Å²) in [5.74, 6) is 13.1. The number of benzene rings is 3. The second-order valence-corrected chi connectivity index (χ2v) is 5.55. The minimum Gasteiger partial charge on any atom is -0.0616 e. The zero-order valence-electron chi connectivity index (χ0n) is 13.1. The van der Waals surface area contributed by atoms with Crippen LogP contribution < -0.4 is 0 Å². The fourth-order valence-corrected chi connectivity index (χ4v) is 2.66. The average molecular weight is 302 g/mol. The van der Waals surface area contributed by atoms with E-state index in [4.69, 9.17) is 0 Å². The largest absolute Gasteiger partial charge is 0.0616 e. The topological polar surface area (TPSA) is 0 Å². The van der Waals surface area contributed by atoms with Gasteiger partial charge in [-0.25, -0.2) is 0 Å². The molecule has 0 heterocycles. The first kappa shape index (κ1) is 14.1. The molecule has 0 spiro atoms. The molecule has 0 bridgehead atoms. The zero-order chi connectivity index (χ0) is 16.2. The molecule has 0 radical (unpaired) electrons. The van der Waals surface area contributed by atoms with Crippen molar-refractivity contribution in [1.82, 2.24) is 0 Å². The molecular weight excluding hydrogens is 288 g/mol. The molecule has 3 aromatic rings. The molecule has 0 nitrogen and oxygen atoms in total. The lowest BCUT2D eigenvalue weighted by Gasteiger charge is -2.02. The molecular formula is C24H14. The van der Waals surface area contributed by atoms with Gasteiger partial charge in [-0.2, -0.15) is 0 Å². The van der Waals surface area contributed by atoms with E-state index in [-0.39, 0.29) is 0 Å². The first-order valence-electron chi connectivity index (χ1n) is 7.89. The fourth-order valence-electron chi connectivity index (χ4n) is 2.66. The van der Waals surface area contributed by atoms with Gasteiger partial charge >= 0.3 is 0 Å². The Hall–Kier alpha value is -3.48. The van der Waals surface area contributed by atoms with E-state index in [0.717, 1.165) is 33.4 Å². The van der Waals surface area contributed by atoms with Crippen molar-refractivity contribution < 1.29 is 0 Å². The van der Waals surface area contributed by atoms with Crippen molar-refractivity contribution in [1.29, 1.82) is 0 Å². The van der Waals surface area contributed by atoms with Gasteiger partial charge < -0.3 is 0 Å². The Balaban J connectivity index is 2.00. The third kappa shape index (κ3) is 2.87. The maximum atomic E-state index is 3.29. The molecule has 4 rings (SSSR count). The molecule has 0 aromatic heterocycles. The molecule has 0 aliphatic heterocycles. The highest BCUT2D eigenvalue weighted by Gasteiger charge is 2.01. The minimum atomic E-state index is 0.960. The van der Waals surface area contributed by atoms with Crippen LogP contribution in [0.2, 0.25) is 0 Å². The molecule has 0 saturated carbocycles. The Kier molecular flexibility index (Phi) is 3.73. The van der Waals surface area contributed by atoms with Gasteiger partial charge in [-0.05, 0) is 35.4 Å². The lowest BCUT2D eigenvalue weighted by Crippen LogP contribution is -1.87. The summed E-state index contributed by atoms with van der Waals surface area (Å²) in [5.41, 5.74) is 6.20. The standard InChI is InChI=1S/C24H14/c1-2-8-20-15-16-22-10-5-6-12-24(22)18-17-23-11-4-3-9-21(23)14-13-19(20)7-1/h1-14H/b14-13+,19-13?,21-14?. The Morgan fingerprint density at radius 1 is 0.375 bits per heavy atom. The van der Waals surface area contributed by atoms with Gasteiger partial charge in [0.05, 0.1) is 0 Å². The lowest BCUT2D eigenvalue weighted by molar-refractivity contribution is 1.55. The first-order chi connectivity index (χ1) is 11.9. The normalized spacial score (nSPS) is 12.5. The van der Waals surface area contributed by atoms with E-state index in [2.05, 4.69) is 60.1 Å². The van der Waals surface area contributed by atoms with Crippen molar-refractivity contribution in [2.45, 2.75) is 0 Å². The summed E-state index contributed by atoms with van der Waals surface area (Å²) in [7, 11) is 0. The summed E-state index contributed by atoms with van der Waals surface area (Å²) in [4.78, 5) is 0. The van der Waals surface area contributed by atoms with Gasteiger partial charge in [0.25, 0.3) is 0 Å². The van der Waals surface area contributed by atoms with Crippen molar-refractivity contribution in [3.8, 4) is 23.7 Å². The monoisotopic (exact) mass is 302 g/mol. The Morgan fingerprint density at radius 3 is 1.17 bits per heavy atom. The third-order valence-corrected chi connectivity index (χ3v) is 3.95. The zero-order valence-corrected chi connectivity index (χ0v) is 13.1. The van der Waals surface area contributed by atoms with Crippen LogP contribution in [-0.4, -0.2) is 0 Å². The van der Waals surface area contributed by atoms with Crippen LogP contribution >= 0.6 is 0 Å². The molecule has 3 aromatic carbocycles. The fraction of sp³-hybridized carbons (Fsp3) is 0. The second-order valence-electron chi connectivity index (χ2n) is 5.55. The second kappa shape index (κ2) is 6.33. The van der Waals surface area contributed by atoms with E-state index in [9.17, 15) is 0 Å². The van der Waals surface area contributed by atoms with E-state index in [1.165, 1.54) is 0 Å². The van der Waals surface area contributed by atoms with Crippen molar-refractivity contribution in [2.75, 3.05) is 0 Å². The predicted molar refractivity (Wildman–Crippen MR) is 100 cm³/mol. The summed E-state index contributed by atoms with van der Waals surface area (Å²) in [6.07, 6.45) is 4.22. The molecule has 0 saturated heterocycles. The summed E-state index contributed by atoms with van der Waals surface area (Å²) in [5, 5.41) is 0. The first-order valence-corrected chi connectivity index (χ1v) is 7.89. The van der Waals surface area contributed by atoms with Gasteiger partial charge in [-0.1, -0.05) is 84.4 Å². The van der Waals surface area contributed by atoms with Crippen LogP contribution in [0.1, 0.15) is 33.4 Å². The number of hydrogen-bond acceptors (Lipinski definition) is 0. The van der Waals surface area contributed by atoms with Crippen LogP contribution in [0.4, 0.5) is 0 Å². The molecule has 0 unspecified atom stereocenters. The minimum absolute atomic E-state index is 0.960. The van der Waals surface area contributed by atoms with Crippen LogP contribution in [0.5, 0.6) is 0 Å². The molecule has 24 heavy (non-hydrogen) atoms. The van der Waals surface area contributed by atoms with Crippen molar-refractivity contribution in [3.05, 3.63) is 106 Å². The molecule has 110 valence electrons. The van der Waals surface area contributed by atoms with Gasteiger partial charge in [-0.3, -0.25) is 0 Å². The third-order valence-electron chi connectivity index (χ3n) is 3.95. The Labute approximate surface area is 142 Å². The van der Waals surface area contributed by atoms with E-state index >= 15 is 0 Å². The maximum absolute atomic E-state index is 3.29. The van der Waals surface area contributed by atoms with Gasteiger partial charge in [0, 0.05) is 22.3 Å². The van der Waals surface area contributed by atoms with Gasteiger partial charge in [0.2, 0.25) is 0 Å². The quantitative estimate of drug-likeness (QED) is 0.402. The smallest absolute Gasteiger partial charge is 0.0405 e. The SMILES string of the molecule is C1#Cc2ccccc2/C=C/c2ccccc2C#Cc2ccccc21. The number of hydrogen-bond donors (Lipinski definition) is 0. The van der Waals surface area contributed by atoms with E-state index < -0.39 is 0 Å². The molecule has 1 aliphatic carbocycles.